The third-order valence-electron chi connectivity index (χ3n) is 2.05. The van der Waals surface area contributed by atoms with Crippen LogP contribution in [-0.4, -0.2) is 18.3 Å². The van der Waals surface area contributed by atoms with E-state index < -0.39 is 11.8 Å². The molecule has 0 radical (unpaired) electrons. The fraction of sp³-hybridized carbons (Fsp3) is 0.333. The molecule has 17 heavy (non-hydrogen) atoms. The van der Waals surface area contributed by atoms with Gasteiger partial charge in [-0.1, -0.05) is 30.3 Å². The number of carbonyl (C=O) groups excluding carboxylic acids is 2. The standard InChI is InChI=1S/C12H15NO3.ClH/c13-8-4-7-11(14)12(15)16-9-10-5-2-1-3-6-10;/h1-3,5-6H,4,7-9,13H2;1H. The Morgan fingerprint density at radius 2 is 1.82 bits per heavy atom. The summed E-state index contributed by atoms with van der Waals surface area (Å²) in [5, 5.41) is 0. The average molecular weight is 258 g/mol. The Hall–Kier alpha value is -1.39. The lowest BCUT2D eigenvalue weighted by molar-refractivity contribution is -0.154. The van der Waals surface area contributed by atoms with Crippen LogP contribution < -0.4 is 5.73 Å². The maximum Gasteiger partial charge on any atom is 0.374 e. The number of Topliss-reactive ketones (excluding diaryl/α,β-unsaturated/α-hetero) is 1. The van der Waals surface area contributed by atoms with Gasteiger partial charge in [0.1, 0.15) is 6.61 Å². The van der Waals surface area contributed by atoms with E-state index in [0.717, 1.165) is 5.56 Å². The predicted octanol–water partition coefficient (Wildman–Crippen LogP) is 1.46. The van der Waals surface area contributed by atoms with Gasteiger partial charge < -0.3 is 10.5 Å². The van der Waals surface area contributed by atoms with E-state index in [0.29, 0.717) is 13.0 Å². The van der Waals surface area contributed by atoms with Gasteiger partial charge in [0.15, 0.2) is 0 Å². The van der Waals surface area contributed by atoms with Crippen LogP contribution in [0, 0.1) is 0 Å². The highest BCUT2D eigenvalue weighted by molar-refractivity contribution is 6.33. The molecule has 0 aliphatic carbocycles. The van der Waals surface area contributed by atoms with Gasteiger partial charge in [-0.25, -0.2) is 4.79 Å². The van der Waals surface area contributed by atoms with Crippen LogP contribution in [0.4, 0.5) is 0 Å². The molecule has 0 amide bonds. The molecule has 1 aromatic rings. The van der Waals surface area contributed by atoms with Gasteiger partial charge in [-0.2, -0.15) is 0 Å². The largest absolute Gasteiger partial charge is 0.455 e. The van der Waals surface area contributed by atoms with Crippen molar-refractivity contribution in [1.82, 2.24) is 0 Å². The van der Waals surface area contributed by atoms with Crippen LogP contribution in [0.25, 0.3) is 0 Å². The van der Waals surface area contributed by atoms with Crippen LogP contribution in [0.1, 0.15) is 18.4 Å². The molecule has 0 aromatic heterocycles. The summed E-state index contributed by atoms with van der Waals surface area (Å²) in [5.74, 6) is -1.29. The SMILES string of the molecule is Cl.NCCCC(=O)C(=O)OCc1ccccc1. The first-order valence-corrected chi connectivity index (χ1v) is 5.18. The second-order valence-corrected chi connectivity index (χ2v) is 3.38. The van der Waals surface area contributed by atoms with E-state index in [4.69, 9.17) is 10.5 Å². The summed E-state index contributed by atoms with van der Waals surface area (Å²) < 4.78 is 4.86. The normalized spacial score (nSPS) is 9.24. The number of esters is 1. The summed E-state index contributed by atoms with van der Waals surface area (Å²) >= 11 is 0. The zero-order valence-electron chi connectivity index (χ0n) is 9.43. The number of ether oxygens (including phenoxy) is 1. The third-order valence-corrected chi connectivity index (χ3v) is 2.05. The van der Waals surface area contributed by atoms with Crippen molar-refractivity contribution >= 4 is 24.2 Å². The molecule has 0 aliphatic heterocycles. The molecule has 1 aromatic carbocycles. The molecule has 2 N–H and O–H groups in total. The molecule has 0 aliphatic rings. The zero-order valence-corrected chi connectivity index (χ0v) is 10.2. The Kier molecular flexibility index (Phi) is 8.01. The maximum absolute atomic E-state index is 11.2. The number of nitrogens with two attached hydrogens (primary N) is 1. The second-order valence-electron chi connectivity index (χ2n) is 3.38. The van der Waals surface area contributed by atoms with E-state index >= 15 is 0 Å². The molecule has 0 spiro atoms. The molecule has 0 bridgehead atoms. The Morgan fingerprint density at radius 3 is 2.41 bits per heavy atom. The highest BCUT2D eigenvalue weighted by atomic mass is 35.5. The zero-order chi connectivity index (χ0) is 11.8. The minimum Gasteiger partial charge on any atom is -0.455 e. The molecule has 0 unspecified atom stereocenters. The summed E-state index contributed by atoms with van der Waals surface area (Å²) in [6.07, 6.45) is 0.670. The van der Waals surface area contributed by atoms with Crippen molar-refractivity contribution in [3.05, 3.63) is 35.9 Å². The number of carbonyl (C=O) groups is 2. The van der Waals surface area contributed by atoms with Gasteiger partial charge in [-0.3, -0.25) is 4.79 Å². The molecule has 1 rings (SSSR count). The molecule has 0 saturated heterocycles. The lowest BCUT2D eigenvalue weighted by Crippen LogP contribution is -2.18. The number of ketones is 1. The smallest absolute Gasteiger partial charge is 0.374 e. The minimum absolute atomic E-state index is 0. The Balaban J connectivity index is 0.00000256. The molecule has 5 heteroatoms. The average Bonchev–Trinajstić information content (AvgIpc) is 2.34. The number of halogens is 1. The summed E-state index contributed by atoms with van der Waals surface area (Å²) in [4.78, 5) is 22.4. The highest BCUT2D eigenvalue weighted by Crippen LogP contribution is 2.01. The van der Waals surface area contributed by atoms with Crippen molar-refractivity contribution < 1.29 is 14.3 Å². The Labute approximate surface area is 107 Å². The molecular weight excluding hydrogens is 242 g/mol. The van der Waals surface area contributed by atoms with Gasteiger partial charge in [-0.05, 0) is 18.5 Å². The van der Waals surface area contributed by atoms with Gasteiger partial charge in [0.05, 0.1) is 0 Å². The van der Waals surface area contributed by atoms with E-state index in [9.17, 15) is 9.59 Å². The molecule has 0 saturated carbocycles. The van der Waals surface area contributed by atoms with E-state index in [1.807, 2.05) is 30.3 Å². The van der Waals surface area contributed by atoms with Crippen molar-refractivity contribution in [2.45, 2.75) is 19.4 Å². The van der Waals surface area contributed by atoms with Crippen LogP contribution >= 0.6 is 12.4 Å². The van der Waals surface area contributed by atoms with Gasteiger partial charge in [-0.15, -0.1) is 12.4 Å². The monoisotopic (exact) mass is 257 g/mol. The number of hydrogen-bond acceptors (Lipinski definition) is 4. The van der Waals surface area contributed by atoms with E-state index in [1.165, 1.54) is 0 Å². The maximum atomic E-state index is 11.2. The van der Waals surface area contributed by atoms with Crippen LogP contribution in [0.2, 0.25) is 0 Å². The van der Waals surface area contributed by atoms with Gasteiger partial charge in [0, 0.05) is 6.42 Å². The fourth-order valence-electron chi connectivity index (χ4n) is 1.17. The van der Waals surface area contributed by atoms with Crippen molar-refractivity contribution in [2.24, 2.45) is 5.73 Å². The van der Waals surface area contributed by atoms with Crippen LogP contribution in [0.5, 0.6) is 0 Å². The molecule has 94 valence electrons. The Bertz CT molecular complexity index is 354. The van der Waals surface area contributed by atoms with Crippen molar-refractivity contribution in [2.75, 3.05) is 6.54 Å². The van der Waals surface area contributed by atoms with E-state index in [1.54, 1.807) is 0 Å². The number of benzene rings is 1. The number of rotatable bonds is 6. The lowest BCUT2D eigenvalue weighted by Gasteiger charge is -2.03. The second kappa shape index (κ2) is 8.73. The predicted molar refractivity (Wildman–Crippen MR) is 66.8 cm³/mol. The summed E-state index contributed by atoms with van der Waals surface area (Å²) in [5.41, 5.74) is 6.10. The summed E-state index contributed by atoms with van der Waals surface area (Å²) in [7, 11) is 0. The Morgan fingerprint density at radius 1 is 1.18 bits per heavy atom. The number of hydrogen-bond donors (Lipinski definition) is 1. The van der Waals surface area contributed by atoms with Crippen molar-refractivity contribution in [1.29, 1.82) is 0 Å². The lowest BCUT2D eigenvalue weighted by atomic mass is 10.2. The van der Waals surface area contributed by atoms with Crippen LogP contribution in [-0.2, 0) is 20.9 Å². The topological polar surface area (TPSA) is 69.4 Å². The minimum atomic E-state index is -0.780. The molecular formula is C12H16ClNO3. The third kappa shape index (κ3) is 6.04. The first kappa shape index (κ1) is 15.6. The van der Waals surface area contributed by atoms with Crippen LogP contribution in [0.15, 0.2) is 30.3 Å². The first-order chi connectivity index (χ1) is 7.74. The molecule has 4 nitrogen and oxygen atoms in total. The van der Waals surface area contributed by atoms with Gasteiger partial charge in [0.25, 0.3) is 0 Å². The summed E-state index contributed by atoms with van der Waals surface area (Å²) in [6.45, 7) is 0.533. The van der Waals surface area contributed by atoms with Crippen molar-refractivity contribution in [3.8, 4) is 0 Å². The highest BCUT2D eigenvalue weighted by Gasteiger charge is 2.14. The molecule has 0 fully saturated rings. The summed E-state index contributed by atoms with van der Waals surface area (Å²) in [6, 6.07) is 9.23. The van der Waals surface area contributed by atoms with E-state index in [2.05, 4.69) is 0 Å². The van der Waals surface area contributed by atoms with E-state index in [-0.39, 0.29) is 25.4 Å². The molecule has 0 heterocycles. The first-order valence-electron chi connectivity index (χ1n) is 5.18. The fourth-order valence-corrected chi connectivity index (χ4v) is 1.17. The quantitative estimate of drug-likeness (QED) is 0.619. The van der Waals surface area contributed by atoms with Gasteiger partial charge >= 0.3 is 5.97 Å². The van der Waals surface area contributed by atoms with Crippen LogP contribution in [0.3, 0.4) is 0 Å². The van der Waals surface area contributed by atoms with Crippen molar-refractivity contribution in [3.63, 3.8) is 0 Å². The van der Waals surface area contributed by atoms with Gasteiger partial charge in [0.2, 0.25) is 5.78 Å². The molecule has 0 atom stereocenters.